The zero-order chi connectivity index (χ0) is 12.3. The minimum absolute atomic E-state index is 0. The first kappa shape index (κ1) is 15.5. The number of piperidine rings is 1. The number of anilines is 1. The molecule has 0 aliphatic carbocycles. The fourth-order valence-electron chi connectivity index (χ4n) is 2.04. The van der Waals surface area contributed by atoms with E-state index in [9.17, 15) is 4.79 Å². The van der Waals surface area contributed by atoms with E-state index >= 15 is 0 Å². The maximum Gasteiger partial charge on any atom is 0.241 e. The van der Waals surface area contributed by atoms with Crippen molar-refractivity contribution >= 4 is 39.9 Å². The molecule has 1 aliphatic rings. The molecule has 3 nitrogen and oxygen atoms in total. The van der Waals surface area contributed by atoms with Crippen molar-refractivity contribution in [3.8, 4) is 0 Å². The molecule has 18 heavy (non-hydrogen) atoms. The molecule has 1 heterocycles. The fraction of sp³-hybridized carbons (Fsp3) is 0.462. The van der Waals surface area contributed by atoms with Gasteiger partial charge >= 0.3 is 0 Å². The smallest absolute Gasteiger partial charge is 0.241 e. The number of benzene rings is 1. The molecule has 0 spiro atoms. The highest BCUT2D eigenvalue weighted by Gasteiger charge is 2.20. The van der Waals surface area contributed by atoms with E-state index in [1.165, 1.54) is 6.42 Å². The molecule has 0 aromatic heterocycles. The van der Waals surface area contributed by atoms with Crippen LogP contribution in [0.4, 0.5) is 5.69 Å². The Balaban J connectivity index is 0.00000162. The van der Waals surface area contributed by atoms with Crippen LogP contribution >= 0.6 is 28.3 Å². The molecule has 100 valence electrons. The third-order valence-electron chi connectivity index (χ3n) is 3.15. The maximum absolute atomic E-state index is 12.0. The van der Waals surface area contributed by atoms with Crippen molar-refractivity contribution in [2.45, 2.75) is 32.2 Å². The number of hydrogen-bond donors (Lipinski definition) is 2. The van der Waals surface area contributed by atoms with Gasteiger partial charge in [0, 0.05) is 10.2 Å². The van der Waals surface area contributed by atoms with Gasteiger partial charge in [0.15, 0.2) is 0 Å². The Morgan fingerprint density at radius 1 is 1.44 bits per heavy atom. The number of hydrogen-bond acceptors (Lipinski definition) is 2. The lowest BCUT2D eigenvalue weighted by molar-refractivity contribution is -0.118. The highest BCUT2D eigenvalue weighted by atomic mass is 79.9. The minimum Gasteiger partial charge on any atom is -0.324 e. The van der Waals surface area contributed by atoms with Crippen LogP contribution in [0.3, 0.4) is 0 Å². The second kappa shape index (κ2) is 7.12. The van der Waals surface area contributed by atoms with E-state index in [1.54, 1.807) is 0 Å². The number of rotatable bonds is 2. The van der Waals surface area contributed by atoms with Gasteiger partial charge in [0.2, 0.25) is 5.91 Å². The first-order chi connectivity index (χ1) is 8.18. The van der Waals surface area contributed by atoms with Crippen LogP contribution in [-0.2, 0) is 4.79 Å². The second-order valence-corrected chi connectivity index (χ2v) is 5.26. The standard InChI is InChI=1S/C13H17BrN2O.ClH/c1-9-10(14)5-4-7-11(9)16-13(17)12-6-2-3-8-15-12;/h4-5,7,12,15H,2-3,6,8H2,1H3,(H,16,17);1H/t12-;/m0./s1. The summed E-state index contributed by atoms with van der Waals surface area (Å²) < 4.78 is 1.02. The monoisotopic (exact) mass is 332 g/mol. The summed E-state index contributed by atoms with van der Waals surface area (Å²) in [7, 11) is 0. The summed E-state index contributed by atoms with van der Waals surface area (Å²) in [5, 5.41) is 6.24. The van der Waals surface area contributed by atoms with E-state index in [0.29, 0.717) is 0 Å². The molecule has 0 unspecified atom stereocenters. The van der Waals surface area contributed by atoms with E-state index in [-0.39, 0.29) is 24.4 Å². The van der Waals surface area contributed by atoms with Crippen LogP contribution < -0.4 is 10.6 Å². The molecule has 1 fully saturated rings. The van der Waals surface area contributed by atoms with Gasteiger partial charge in [-0.2, -0.15) is 0 Å². The molecular weight excluding hydrogens is 316 g/mol. The van der Waals surface area contributed by atoms with Crippen LogP contribution in [0.5, 0.6) is 0 Å². The Bertz CT molecular complexity index is 419. The van der Waals surface area contributed by atoms with Crippen molar-refractivity contribution in [1.29, 1.82) is 0 Å². The number of amides is 1. The summed E-state index contributed by atoms with van der Waals surface area (Å²) in [6.07, 6.45) is 3.22. The summed E-state index contributed by atoms with van der Waals surface area (Å²) in [6.45, 7) is 2.93. The second-order valence-electron chi connectivity index (χ2n) is 4.40. The van der Waals surface area contributed by atoms with Crippen molar-refractivity contribution in [1.82, 2.24) is 5.32 Å². The Labute approximate surface area is 122 Å². The molecule has 1 amide bonds. The summed E-state index contributed by atoms with van der Waals surface area (Å²) in [5.41, 5.74) is 1.95. The lowest BCUT2D eigenvalue weighted by Gasteiger charge is -2.23. The molecule has 2 N–H and O–H groups in total. The largest absolute Gasteiger partial charge is 0.324 e. The molecular formula is C13H18BrClN2O. The lowest BCUT2D eigenvalue weighted by Crippen LogP contribution is -2.43. The molecule has 5 heteroatoms. The number of nitrogens with one attached hydrogen (secondary N) is 2. The quantitative estimate of drug-likeness (QED) is 0.872. The van der Waals surface area contributed by atoms with Crippen molar-refractivity contribution in [3.05, 3.63) is 28.2 Å². The fourth-order valence-corrected chi connectivity index (χ4v) is 2.40. The van der Waals surface area contributed by atoms with Gasteiger partial charge in [0.25, 0.3) is 0 Å². The summed E-state index contributed by atoms with van der Waals surface area (Å²) in [5.74, 6) is 0.0749. The van der Waals surface area contributed by atoms with E-state index in [2.05, 4.69) is 26.6 Å². The van der Waals surface area contributed by atoms with Crippen molar-refractivity contribution in [2.75, 3.05) is 11.9 Å². The number of carbonyl (C=O) groups is 1. The van der Waals surface area contributed by atoms with Gasteiger partial charge in [-0.15, -0.1) is 12.4 Å². The Kier molecular flexibility index (Phi) is 6.12. The van der Waals surface area contributed by atoms with Gasteiger partial charge in [-0.25, -0.2) is 0 Å². The average Bonchev–Trinajstić information content (AvgIpc) is 2.36. The van der Waals surface area contributed by atoms with Crippen LogP contribution in [0.15, 0.2) is 22.7 Å². The topological polar surface area (TPSA) is 41.1 Å². The molecule has 1 aromatic carbocycles. The third kappa shape index (κ3) is 3.70. The van der Waals surface area contributed by atoms with Gasteiger partial charge in [-0.3, -0.25) is 4.79 Å². The predicted octanol–water partition coefficient (Wildman–Crippen LogP) is 3.26. The van der Waals surface area contributed by atoms with E-state index in [1.807, 2.05) is 25.1 Å². The molecule has 1 atom stereocenters. The molecule has 1 aliphatic heterocycles. The minimum atomic E-state index is -0.0397. The predicted molar refractivity (Wildman–Crippen MR) is 80.4 cm³/mol. The molecule has 1 saturated heterocycles. The average molecular weight is 334 g/mol. The van der Waals surface area contributed by atoms with Crippen molar-refractivity contribution in [3.63, 3.8) is 0 Å². The van der Waals surface area contributed by atoms with Crippen LogP contribution in [0.25, 0.3) is 0 Å². The highest BCUT2D eigenvalue weighted by Crippen LogP contribution is 2.23. The lowest BCUT2D eigenvalue weighted by atomic mass is 10.0. The van der Waals surface area contributed by atoms with Gasteiger partial charge < -0.3 is 10.6 Å². The highest BCUT2D eigenvalue weighted by molar-refractivity contribution is 9.10. The Morgan fingerprint density at radius 3 is 2.89 bits per heavy atom. The van der Waals surface area contributed by atoms with Crippen LogP contribution in [0.2, 0.25) is 0 Å². The maximum atomic E-state index is 12.0. The zero-order valence-corrected chi connectivity index (χ0v) is 12.7. The summed E-state index contributed by atoms with van der Waals surface area (Å²) in [4.78, 5) is 12.0. The van der Waals surface area contributed by atoms with Gasteiger partial charge in [0.1, 0.15) is 0 Å². The van der Waals surface area contributed by atoms with Crippen LogP contribution in [-0.4, -0.2) is 18.5 Å². The van der Waals surface area contributed by atoms with Crippen LogP contribution in [0.1, 0.15) is 24.8 Å². The Hall–Kier alpha value is -0.580. The molecule has 0 saturated carbocycles. The van der Waals surface area contributed by atoms with E-state index in [4.69, 9.17) is 0 Å². The number of carbonyl (C=O) groups excluding carboxylic acids is 1. The Morgan fingerprint density at radius 2 is 2.22 bits per heavy atom. The SMILES string of the molecule is Cc1c(Br)cccc1NC(=O)[C@@H]1CCCCN1.Cl. The van der Waals surface area contributed by atoms with Crippen molar-refractivity contribution in [2.24, 2.45) is 0 Å². The first-order valence-corrected chi connectivity index (χ1v) is 6.77. The van der Waals surface area contributed by atoms with E-state index < -0.39 is 0 Å². The van der Waals surface area contributed by atoms with E-state index in [0.717, 1.165) is 35.1 Å². The molecule has 0 bridgehead atoms. The third-order valence-corrected chi connectivity index (χ3v) is 4.01. The van der Waals surface area contributed by atoms with Crippen molar-refractivity contribution < 1.29 is 4.79 Å². The van der Waals surface area contributed by atoms with Gasteiger partial charge in [-0.1, -0.05) is 28.4 Å². The molecule has 0 radical (unpaired) electrons. The zero-order valence-electron chi connectivity index (χ0n) is 10.3. The normalized spacial score (nSPS) is 18.9. The van der Waals surface area contributed by atoms with Gasteiger partial charge in [0.05, 0.1) is 6.04 Å². The molecule has 2 rings (SSSR count). The van der Waals surface area contributed by atoms with Gasteiger partial charge in [-0.05, 0) is 44.0 Å². The first-order valence-electron chi connectivity index (χ1n) is 5.98. The summed E-state index contributed by atoms with van der Waals surface area (Å²) >= 11 is 3.47. The van der Waals surface area contributed by atoms with Crippen LogP contribution in [0, 0.1) is 6.92 Å². The molecule has 1 aromatic rings. The number of halogens is 2. The summed E-state index contributed by atoms with van der Waals surface area (Å²) in [6, 6.07) is 5.80.